The molecule has 3 rings (SSSR count). The molecule has 3 N–H and O–H groups in total. The molecule has 0 aliphatic rings. The van der Waals surface area contributed by atoms with Crippen LogP contribution in [0.25, 0.3) is 10.2 Å². The highest BCUT2D eigenvalue weighted by Crippen LogP contribution is 2.25. The Kier molecular flexibility index (Phi) is 6.60. The van der Waals surface area contributed by atoms with Crippen LogP contribution in [0.4, 0.5) is 5.13 Å². The van der Waals surface area contributed by atoms with Crippen molar-refractivity contribution >= 4 is 38.5 Å². The van der Waals surface area contributed by atoms with Crippen molar-refractivity contribution in [1.82, 2.24) is 15.8 Å². The summed E-state index contributed by atoms with van der Waals surface area (Å²) in [7, 11) is 0. The standard InChI is InChI=1S/C21H24N4O2S/c1-3-9-16(15-10-5-4-6-11-15)20(27)25-24-19(26)14(2)22-21-23-17-12-7-8-13-18(17)28-21/h4-8,10-14,16H,3,9H2,1-2H3,(H,22,23)(H,24,26)(H,25,27)/t14-,16-/m1/s1. The highest BCUT2D eigenvalue weighted by atomic mass is 32.1. The molecular weight excluding hydrogens is 372 g/mol. The number of thiazole rings is 1. The van der Waals surface area contributed by atoms with Crippen LogP contribution in [0.1, 0.15) is 38.2 Å². The van der Waals surface area contributed by atoms with Crippen molar-refractivity contribution in [2.45, 2.75) is 38.6 Å². The third-order valence-corrected chi connectivity index (χ3v) is 5.40. The van der Waals surface area contributed by atoms with Gasteiger partial charge in [-0.05, 0) is 31.0 Å². The second-order valence-corrected chi connectivity index (χ2v) is 7.61. The minimum atomic E-state index is -0.540. The zero-order valence-corrected chi connectivity index (χ0v) is 16.8. The monoisotopic (exact) mass is 396 g/mol. The lowest BCUT2D eigenvalue weighted by atomic mass is 9.94. The lowest BCUT2D eigenvalue weighted by molar-refractivity contribution is -0.130. The first-order chi connectivity index (χ1) is 13.6. The van der Waals surface area contributed by atoms with Crippen molar-refractivity contribution in [1.29, 1.82) is 0 Å². The number of carbonyl (C=O) groups is 2. The van der Waals surface area contributed by atoms with Gasteiger partial charge in [-0.3, -0.25) is 20.4 Å². The Balaban J connectivity index is 1.56. The molecule has 2 amide bonds. The Hall–Kier alpha value is -2.93. The molecule has 3 aromatic rings. The second-order valence-electron chi connectivity index (χ2n) is 6.58. The average molecular weight is 397 g/mol. The summed E-state index contributed by atoms with van der Waals surface area (Å²) < 4.78 is 1.05. The Morgan fingerprint density at radius 3 is 2.39 bits per heavy atom. The van der Waals surface area contributed by atoms with Crippen LogP contribution < -0.4 is 16.2 Å². The maximum Gasteiger partial charge on any atom is 0.260 e. The zero-order chi connectivity index (χ0) is 19.9. The summed E-state index contributed by atoms with van der Waals surface area (Å²) in [5.41, 5.74) is 6.92. The van der Waals surface area contributed by atoms with Crippen LogP contribution >= 0.6 is 11.3 Å². The van der Waals surface area contributed by atoms with E-state index in [1.54, 1.807) is 6.92 Å². The maximum absolute atomic E-state index is 12.6. The molecular formula is C21H24N4O2S. The first-order valence-corrected chi connectivity index (χ1v) is 10.2. The first-order valence-electron chi connectivity index (χ1n) is 9.35. The van der Waals surface area contributed by atoms with Crippen LogP contribution in [-0.2, 0) is 9.59 Å². The number of carbonyl (C=O) groups excluding carboxylic acids is 2. The molecule has 0 fully saturated rings. The van der Waals surface area contributed by atoms with Crippen molar-refractivity contribution in [3.05, 3.63) is 60.2 Å². The number of amides is 2. The van der Waals surface area contributed by atoms with Crippen LogP contribution in [0, 0.1) is 0 Å². The van der Waals surface area contributed by atoms with Gasteiger partial charge in [0, 0.05) is 0 Å². The molecule has 6 nitrogen and oxygen atoms in total. The molecule has 0 unspecified atom stereocenters. The average Bonchev–Trinajstić information content (AvgIpc) is 3.12. The number of para-hydroxylation sites is 1. The van der Waals surface area contributed by atoms with Crippen LogP contribution in [0.15, 0.2) is 54.6 Å². The SMILES string of the molecule is CCC[C@@H](C(=O)NNC(=O)[C@@H](C)Nc1nc2ccccc2s1)c1ccccc1. The number of hydrogen-bond acceptors (Lipinski definition) is 5. The fourth-order valence-electron chi connectivity index (χ4n) is 2.93. The number of nitrogens with one attached hydrogen (secondary N) is 3. The maximum atomic E-state index is 12.6. The number of nitrogens with zero attached hydrogens (tertiary/aromatic N) is 1. The number of aromatic nitrogens is 1. The van der Waals surface area contributed by atoms with Gasteiger partial charge in [0.1, 0.15) is 6.04 Å². The van der Waals surface area contributed by atoms with E-state index in [0.29, 0.717) is 11.6 Å². The minimum absolute atomic E-state index is 0.214. The first kappa shape index (κ1) is 19.8. The van der Waals surface area contributed by atoms with Crippen LogP contribution in [0.3, 0.4) is 0 Å². The fourth-order valence-corrected chi connectivity index (χ4v) is 3.88. The van der Waals surface area contributed by atoms with Gasteiger partial charge in [-0.2, -0.15) is 0 Å². The summed E-state index contributed by atoms with van der Waals surface area (Å²) in [5.74, 6) is -0.830. The van der Waals surface area contributed by atoms with Crippen LogP contribution in [0.2, 0.25) is 0 Å². The Labute approximate surface area is 168 Å². The third kappa shape index (κ3) is 4.86. The summed E-state index contributed by atoms with van der Waals surface area (Å²) >= 11 is 1.49. The van der Waals surface area contributed by atoms with Crippen LogP contribution in [0.5, 0.6) is 0 Å². The van der Waals surface area contributed by atoms with Gasteiger partial charge in [0.05, 0.1) is 16.1 Å². The molecule has 7 heteroatoms. The highest BCUT2D eigenvalue weighted by molar-refractivity contribution is 7.22. The van der Waals surface area contributed by atoms with E-state index in [9.17, 15) is 9.59 Å². The molecule has 0 radical (unpaired) electrons. The van der Waals surface area contributed by atoms with Gasteiger partial charge in [0.15, 0.2) is 5.13 Å². The van der Waals surface area contributed by atoms with Crippen molar-refractivity contribution in [2.75, 3.05) is 5.32 Å². The Morgan fingerprint density at radius 1 is 1.00 bits per heavy atom. The number of benzene rings is 2. The lowest BCUT2D eigenvalue weighted by Gasteiger charge is -2.18. The van der Waals surface area contributed by atoms with E-state index in [1.807, 2.05) is 61.5 Å². The molecule has 0 aliphatic heterocycles. The normalized spacial score (nSPS) is 12.9. The molecule has 0 aliphatic carbocycles. The molecule has 1 heterocycles. The van der Waals surface area contributed by atoms with Gasteiger partial charge in [-0.15, -0.1) is 0 Å². The van der Waals surface area contributed by atoms with E-state index < -0.39 is 6.04 Å². The fraction of sp³-hybridized carbons (Fsp3) is 0.286. The van der Waals surface area contributed by atoms with E-state index in [-0.39, 0.29) is 17.7 Å². The van der Waals surface area contributed by atoms with Gasteiger partial charge in [-0.1, -0.05) is 67.1 Å². The number of anilines is 1. The summed E-state index contributed by atoms with van der Waals surface area (Å²) in [5, 5.41) is 3.75. The molecule has 1 aromatic heterocycles. The number of hydrazine groups is 1. The topological polar surface area (TPSA) is 83.1 Å². The van der Waals surface area contributed by atoms with Crippen molar-refractivity contribution in [3.8, 4) is 0 Å². The molecule has 2 atom stereocenters. The predicted molar refractivity (Wildman–Crippen MR) is 113 cm³/mol. The second kappa shape index (κ2) is 9.32. The Bertz CT molecular complexity index is 909. The van der Waals surface area contributed by atoms with Gasteiger partial charge >= 0.3 is 0 Å². The van der Waals surface area contributed by atoms with Gasteiger partial charge < -0.3 is 5.32 Å². The molecule has 0 saturated carbocycles. The van der Waals surface area contributed by atoms with E-state index in [1.165, 1.54) is 11.3 Å². The minimum Gasteiger partial charge on any atom is -0.350 e. The van der Waals surface area contributed by atoms with Crippen molar-refractivity contribution in [3.63, 3.8) is 0 Å². The van der Waals surface area contributed by atoms with E-state index in [0.717, 1.165) is 22.2 Å². The molecule has 2 aromatic carbocycles. The largest absolute Gasteiger partial charge is 0.350 e. The summed E-state index contributed by atoms with van der Waals surface area (Å²) in [6.45, 7) is 3.76. The van der Waals surface area contributed by atoms with E-state index >= 15 is 0 Å². The smallest absolute Gasteiger partial charge is 0.260 e. The van der Waals surface area contributed by atoms with E-state index in [2.05, 4.69) is 21.2 Å². The lowest BCUT2D eigenvalue weighted by Crippen LogP contribution is -2.49. The number of hydrogen-bond donors (Lipinski definition) is 3. The molecule has 28 heavy (non-hydrogen) atoms. The highest BCUT2D eigenvalue weighted by Gasteiger charge is 2.21. The van der Waals surface area contributed by atoms with Gasteiger partial charge in [-0.25, -0.2) is 4.98 Å². The van der Waals surface area contributed by atoms with E-state index in [4.69, 9.17) is 0 Å². The van der Waals surface area contributed by atoms with Crippen molar-refractivity contribution in [2.24, 2.45) is 0 Å². The quantitative estimate of drug-likeness (QED) is 0.530. The molecule has 0 spiro atoms. The number of fused-ring (bicyclic) bond motifs is 1. The molecule has 146 valence electrons. The van der Waals surface area contributed by atoms with Crippen LogP contribution in [-0.4, -0.2) is 22.8 Å². The summed E-state index contributed by atoms with van der Waals surface area (Å²) in [6.07, 6.45) is 1.59. The van der Waals surface area contributed by atoms with Gasteiger partial charge in [0.2, 0.25) is 5.91 Å². The predicted octanol–water partition coefficient (Wildman–Crippen LogP) is 3.83. The molecule has 0 saturated heterocycles. The zero-order valence-electron chi connectivity index (χ0n) is 15.9. The summed E-state index contributed by atoms with van der Waals surface area (Å²) in [6, 6.07) is 16.9. The van der Waals surface area contributed by atoms with Crippen molar-refractivity contribution < 1.29 is 9.59 Å². The summed E-state index contributed by atoms with van der Waals surface area (Å²) in [4.78, 5) is 29.4. The molecule has 0 bridgehead atoms. The number of rotatable bonds is 7. The Morgan fingerprint density at radius 2 is 1.68 bits per heavy atom. The van der Waals surface area contributed by atoms with Gasteiger partial charge in [0.25, 0.3) is 5.91 Å². The third-order valence-electron chi connectivity index (χ3n) is 4.43.